The van der Waals surface area contributed by atoms with Crippen LogP contribution < -0.4 is 5.32 Å². The molecular formula is C20H19NO3S. The maximum atomic E-state index is 12.8. The van der Waals surface area contributed by atoms with Gasteiger partial charge in [0, 0.05) is 10.4 Å². The van der Waals surface area contributed by atoms with E-state index in [2.05, 4.69) is 5.32 Å². The normalized spacial score (nSPS) is 10.6. The molecule has 0 saturated heterocycles. The Bertz CT molecular complexity index is 924. The molecule has 0 aliphatic carbocycles. The average molecular weight is 353 g/mol. The summed E-state index contributed by atoms with van der Waals surface area (Å²) in [5.41, 5.74) is 0.997. The van der Waals surface area contributed by atoms with Crippen LogP contribution in [0.2, 0.25) is 0 Å². The summed E-state index contributed by atoms with van der Waals surface area (Å²) in [4.78, 5) is 26.0. The summed E-state index contributed by atoms with van der Waals surface area (Å²) in [5, 5.41) is 5.31. The van der Waals surface area contributed by atoms with Crippen LogP contribution in [0.1, 0.15) is 39.4 Å². The highest BCUT2D eigenvalue weighted by atomic mass is 32.1. The van der Waals surface area contributed by atoms with Crippen molar-refractivity contribution in [1.82, 2.24) is 0 Å². The second kappa shape index (κ2) is 7.49. The first-order valence-corrected chi connectivity index (χ1v) is 9.04. The molecule has 0 atom stereocenters. The number of benzene rings is 2. The Hall–Kier alpha value is -2.66. The second-order valence-corrected chi connectivity index (χ2v) is 6.65. The quantitative estimate of drug-likeness (QED) is 0.664. The molecule has 1 amide bonds. The largest absolute Gasteiger partial charge is 0.462 e. The maximum absolute atomic E-state index is 12.8. The summed E-state index contributed by atoms with van der Waals surface area (Å²) in [7, 11) is 0. The van der Waals surface area contributed by atoms with E-state index in [1.54, 1.807) is 19.1 Å². The molecule has 1 aromatic heterocycles. The predicted octanol–water partition coefficient (Wildman–Crippen LogP) is 4.89. The third kappa shape index (κ3) is 3.56. The summed E-state index contributed by atoms with van der Waals surface area (Å²) in [6.07, 6.45) is 0.793. The number of esters is 1. The van der Waals surface area contributed by atoms with Gasteiger partial charge >= 0.3 is 5.97 Å². The van der Waals surface area contributed by atoms with Crippen LogP contribution in [0.15, 0.2) is 48.5 Å². The first kappa shape index (κ1) is 17.2. The van der Waals surface area contributed by atoms with E-state index in [1.165, 1.54) is 11.3 Å². The smallest absolute Gasteiger partial charge is 0.341 e. The lowest BCUT2D eigenvalue weighted by Crippen LogP contribution is -2.14. The van der Waals surface area contributed by atoms with Gasteiger partial charge in [-0.3, -0.25) is 4.79 Å². The Kier molecular flexibility index (Phi) is 5.14. The number of carbonyl (C=O) groups is 2. The Morgan fingerprint density at radius 2 is 1.80 bits per heavy atom. The Morgan fingerprint density at radius 3 is 2.56 bits per heavy atom. The minimum Gasteiger partial charge on any atom is -0.462 e. The van der Waals surface area contributed by atoms with Crippen LogP contribution in [0.25, 0.3) is 10.8 Å². The van der Waals surface area contributed by atoms with E-state index < -0.39 is 5.97 Å². The molecule has 0 unspecified atom stereocenters. The number of nitrogens with one attached hydrogen (secondary N) is 1. The van der Waals surface area contributed by atoms with Gasteiger partial charge in [-0.1, -0.05) is 43.3 Å². The lowest BCUT2D eigenvalue weighted by Gasteiger charge is -2.08. The van der Waals surface area contributed by atoms with Gasteiger partial charge in [0.15, 0.2) is 0 Å². The second-order valence-electron chi connectivity index (χ2n) is 5.51. The summed E-state index contributed by atoms with van der Waals surface area (Å²) < 4.78 is 5.10. The van der Waals surface area contributed by atoms with Crippen LogP contribution in [0.4, 0.5) is 5.00 Å². The van der Waals surface area contributed by atoms with Crippen LogP contribution in [0.3, 0.4) is 0 Å². The number of carbonyl (C=O) groups excluding carboxylic acids is 2. The van der Waals surface area contributed by atoms with Crippen molar-refractivity contribution in [2.75, 3.05) is 11.9 Å². The highest BCUT2D eigenvalue weighted by Crippen LogP contribution is 2.30. The first-order chi connectivity index (χ1) is 12.1. The van der Waals surface area contributed by atoms with Gasteiger partial charge in [-0.25, -0.2) is 4.79 Å². The van der Waals surface area contributed by atoms with Crippen molar-refractivity contribution < 1.29 is 14.3 Å². The van der Waals surface area contributed by atoms with Crippen molar-refractivity contribution in [2.45, 2.75) is 20.3 Å². The zero-order chi connectivity index (χ0) is 17.8. The summed E-state index contributed by atoms with van der Waals surface area (Å²) in [5.74, 6) is -0.640. The molecule has 0 saturated carbocycles. The van der Waals surface area contributed by atoms with Crippen LogP contribution in [-0.4, -0.2) is 18.5 Å². The molecule has 0 spiro atoms. The number of fused-ring (bicyclic) bond motifs is 1. The van der Waals surface area contributed by atoms with Gasteiger partial charge in [0.1, 0.15) is 5.00 Å². The van der Waals surface area contributed by atoms with Crippen molar-refractivity contribution in [3.63, 3.8) is 0 Å². The van der Waals surface area contributed by atoms with E-state index >= 15 is 0 Å². The zero-order valence-corrected chi connectivity index (χ0v) is 15.0. The number of amides is 1. The van der Waals surface area contributed by atoms with Crippen molar-refractivity contribution >= 4 is 39.0 Å². The molecule has 0 bridgehead atoms. The molecule has 0 fully saturated rings. The fourth-order valence-corrected chi connectivity index (χ4v) is 3.64. The SMILES string of the molecule is CCOC(=O)c1cc(CC)sc1NC(=O)c1cccc2ccccc12. The van der Waals surface area contributed by atoms with Crippen molar-refractivity contribution in [2.24, 2.45) is 0 Å². The third-order valence-corrected chi connectivity index (χ3v) is 5.08. The van der Waals surface area contributed by atoms with E-state index in [0.29, 0.717) is 22.7 Å². The van der Waals surface area contributed by atoms with Crippen LogP contribution in [-0.2, 0) is 11.2 Å². The molecule has 1 N–H and O–H groups in total. The van der Waals surface area contributed by atoms with Gasteiger partial charge in [-0.05, 0) is 36.2 Å². The fraction of sp³-hybridized carbons (Fsp3) is 0.200. The van der Waals surface area contributed by atoms with Crippen LogP contribution >= 0.6 is 11.3 Å². The van der Waals surface area contributed by atoms with E-state index in [0.717, 1.165) is 22.1 Å². The highest BCUT2D eigenvalue weighted by Gasteiger charge is 2.20. The van der Waals surface area contributed by atoms with Crippen molar-refractivity contribution in [1.29, 1.82) is 0 Å². The molecule has 0 radical (unpaired) electrons. The zero-order valence-electron chi connectivity index (χ0n) is 14.2. The summed E-state index contributed by atoms with van der Waals surface area (Å²) >= 11 is 1.41. The molecule has 0 aliphatic heterocycles. The number of ether oxygens (including phenoxy) is 1. The van der Waals surface area contributed by atoms with Gasteiger partial charge in [-0.2, -0.15) is 0 Å². The van der Waals surface area contributed by atoms with Gasteiger partial charge in [0.25, 0.3) is 5.91 Å². The van der Waals surface area contributed by atoms with Crippen LogP contribution in [0.5, 0.6) is 0 Å². The van der Waals surface area contributed by atoms with Crippen molar-refractivity contribution in [3.05, 3.63) is 64.5 Å². The molecule has 128 valence electrons. The number of hydrogen-bond acceptors (Lipinski definition) is 4. The first-order valence-electron chi connectivity index (χ1n) is 8.23. The van der Waals surface area contributed by atoms with E-state index in [4.69, 9.17) is 4.74 Å². The molecule has 4 nitrogen and oxygen atoms in total. The average Bonchev–Trinajstić information content (AvgIpc) is 3.04. The summed E-state index contributed by atoms with van der Waals surface area (Å²) in [6, 6.07) is 15.1. The summed E-state index contributed by atoms with van der Waals surface area (Å²) in [6.45, 7) is 4.07. The Labute approximate surface area is 150 Å². The van der Waals surface area contributed by atoms with Gasteiger partial charge in [-0.15, -0.1) is 11.3 Å². The van der Waals surface area contributed by atoms with Crippen molar-refractivity contribution in [3.8, 4) is 0 Å². The molecule has 3 aromatic rings. The minimum atomic E-state index is -0.410. The number of anilines is 1. The topological polar surface area (TPSA) is 55.4 Å². The number of rotatable bonds is 5. The Morgan fingerprint density at radius 1 is 1.04 bits per heavy atom. The minimum absolute atomic E-state index is 0.230. The van der Waals surface area contributed by atoms with E-state index in [1.807, 2.05) is 43.3 Å². The van der Waals surface area contributed by atoms with E-state index in [9.17, 15) is 9.59 Å². The monoisotopic (exact) mass is 353 g/mol. The molecule has 3 rings (SSSR count). The molecular weight excluding hydrogens is 334 g/mol. The molecule has 2 aromatic carbocycles. The lowest BCUT2D eigenvalue weighted by atomic mass is 10.0. The number of aryl methyl sites for hydroxylation is 1. The van der Waals surface area contributed by atoms with E-state index in [-0.39, 0.29) is 5.91 Å². The molecule has 5 heteroatoms. The van der Waals surface area contributed by atoms with Crippen LogP contribution in [0, 0.1) is 0 Å². The number of hydrogen-bond donors (Lipinski definition) is 1. The molecule has 25 heavy (non-hydrogen) atoms. The van der Waals surface area contributed by atoms with Gasteiger partial charge in [0.05, 0.1) is 12.2 Å². The predicted molar refractivity (Wildman–Crippen MR) is 102 cm³/mol. The standard InChI is InChI=1S/C20H19NO3S/c1-3-14-12-17(20(23)24-4-2)19(25-14)21-18(22)16-11-7-9-13-8-5-6-10-15(13)16/h5-12H,3-4H2,1-2H3,(H,21,22). The third-order valence-electron chi connectivity index (χ3n) is 3.89. The lowest BCUT2D eigenvalue weighted by molar-refractivity contribution is 0.0528. The fourth-order valence-electron chi connectivity index (χ4n) is 2.66. The van der Waals surface area contributed by atoms with Gasteiger partial charge < -0.3 is 10.1 Å². The maximum Gasteiger partial charge on any atom is 0.341 e. The number of thiophene rings is 1. The van der Waals surface area contributed by atoms with Gasteiger partial charge in [0.2, 0.25) is 0 Å². The highest BCUT2D eigenvalue weighted by molar-refractivity contribution is 7.16. The Balaban J connectivity index is 1.95. The molecule has 0 aliphatic rings. The molecule has 1 heterocycles.